The maximum Gasteiger partial charge on any atom is 0.471 e. The van der Waals surface area contributed by atoms with E-state index < -0.39 is 23.6 Å². The first-order chi connectivity index (χ1) is 9.66. The molecule has 1 amide bonds. The molecule has 1 aliphatic rings. The van der Waals surface area contributed by atoms with Crippen molar-refractivity contribution in [3.63, 3.8) is 0 Å². The average Bonchev–Trinajstić information content (AvgIpc) is 2.32. The molecular weight excluding hydrogens is 311 g/mol. The van der Waals surface area contributed by atoms with E-state index in [1.807, 2.05) is 0 Å². The van der Waals surface area contributed by atoms with Gasteiger partial charge < -0.3 is 10.4 Å². The fourth-order valence-corrected chi connectivity index (χ4v) is 2.72. The van der Waals surface area contributed by atoms with E-state index in [-0.39, 0.29) is 18.8 Å². The van der Waals surface area contributed by atoms with Crippen molar-refractivity contribution in [3.8, 4) is 0 Å². The third kappa shape index (κ3) is 2.97. The Morgan fingerprint density at radius 3 is 2.33 bits per heavy atom. The molecule has 0 aliphatic heterocycles. The maximum atomic E-state index is 12.3. The Hall–Kier alpha value is -1.76. The van der Waals surface area contributed by atoms with Gasteiger partial charge >= 0.3 is 18.1 Å². The zero-order valence-corrected chi connectivity index (χ0v) is 11.3. The number of halogens is 4. The molecule has 0 atom stereocenters. The molecule has 0 unspecified atom stereocenters. The number of carbonyl (C=O) groups excluding carboxylic acids is 1. The van der Waals surface area contributed by atoms with Crippen molar-refractivity contribution < 1.29 is 27.9 Å². The van der Waals surface area contributed by atoms with E-state index in [0.29, 0.717) is 10.6 Å². The highest BCUT2D eigenvalue weighted by Gasteiger charge is 2.55. The first-order valence-electron chi connectivity index (χ1n) is 6.03. The molecule has 0 aromatic heterocycles. The topological polar surface area (TPSA) is 66.4 Å². The van der Waals surface area contributed by atoms with Gasteiger partial charge in [0.15, 0.2) is 0 Å². The van der Waals surface area contributed by atoms with Crippen LogP contribution in [0.4, 0.5) is 13.2 Å². The van der Waals surface area contributed by atoms with Crippen molar-refractivity contribution in [1.29, 1.82) is 0 Å². The molecule has 8 heteroatoms. The van der Waals surface area contributed by atoms with Crippen LogP contribution >= 0.6 is 11.6 Å². The third-order valence-electron chi connectivity index (χ3n) is 3.55. The number of rotatable bonds is 3. The molecule has 0 heterocycles. The van der Waals surface area contributed by atoms with Crippen LogP contribution in [0.25, 0.3) is 0 Å². The van der Waals surface area contributed by atoms with Crippen LogP contribution in [0.2, 0.25) is 5.02 Å². The van der Waals surface area contributed by atoms with Crippen LogP contribution < -0.4 is 5.32 Å². The fraction of sp³-hybridized carbons (Fsp3) is 0.385. The lowest BCUT2D eigenvalue weighted by molar-refractivity contribution is -0.180. The summed E-state index contributed by atoms with van der Waals surface area (Å²) in [6, 6.07) is 6.70. The number of amides is 1. The van der Waals surface area contributed by atoms with E-state index in [0.717, 1.165) is 0 Å². The first-order valence-corrected chi connectivity index (χ1v) is 6.41. The number of aliphatic carboxylic acids is 1. The highest BCUT2D eigenvalue weighted by molar-refractivity contribution is 6.31. The summed E-state index contributed by atoms with van der Waals surface area (Å²) >= 11 is 5.97. The van der Waals surface area contributed by atoms with E-state index in [1.165, 1.54) is 0 Å². The Kier molecular flexibility index (Phi) is 3.88. The fourth-order valence-electron chi connectivity index (χ4n) is 2.43. The molecule has 2 rings (SSSR count). The number of carboxylic acid groups (broad SMARTS) is 1. The maximum absolute atomic E-state index is 12.3. The quantitative estimate of drug-likeness (QED) is 0.899. The molecule has 1 aromatic carbocycles. The lowest BCUT2D eigenvalue weighted by Crippen LogP contribution is -2.63. The number of carboxylic acids is 1. The predicted octanol–water partition coefficient (Wildman–Crippen LogP) is 2.72. The number of carbonyl (C=O) groups is 2. The first kappa shape index (κ1) is 15.6. The molecule has 0 saturated heterocycles. The van der Waals surface area contributed by atoms with Crippen LogP contribution in [-0.2, 0) is 9.59 Å². The van der Waals surface area contributed by atoms with Crippen molar-refractivity contribution in [1.82, 2.24) is 5.32 Å². The summed E-state index contributed by atoms with van der Waals surface area (Å²) in [5, 5.41) is 11.1. The standard InChI is InChI=1S/C13H11ClF3NO3/c14-9-4-2-1-3-8(9)7-5-12(6-7,11(20)21)18-10(19)13(15,16)17/h1-4,7H,5-6H2,(H,18,19)(H,20,21). The molecule has 1 saturated carbocycles. The van der Waals surface area contributed by atoms with E-state index in [4.69, 9.17) is 16.7 Å². The molecular formula is C13H11ClF3NO3. The Bertz CT molecular complexity index is 582. The van der Waals surface area contributed by atoms with E-state index in [9.17, 15) is 22.8 Å². The summed E-state index contributed by atoms with van der Waals surface area (Å²) in [7, 11) is 0. The molecule has 4 nitrogen and oxygen atoms in total. The van der Waals surface area contributed by atoms with E-state index in [2.05, 4.69) is 0 Å². The van der Waals surface area contributed by atoms with Gasteiger partial charge in [0.1, 0.15) is 5.54 Å². The van der Waals surface area contributed by atoms with E-state index >= 15 is 0 Å². The highest BCUT2D eigenvalue weighted by Crippen LogP contribution is 2.47. The minimum absolute atomic E-state index is 0.131. The van der Waals surface area contributed by atoms with Crippen molar-refractivity contribution in [2.45, 2.75) is 30.5 Å². The Labute approximate surface area is 122 Å². The zero-order valence-electron chi connectivity index (χ0n) is 10.6. The number of hydrogen-bond donors (Lipinski definition) is 2. The smallest absolute Gasteiger partial charge is 0.471 e. The number of nitrogens with one attached hydrogen (secondary N) is 1. The molecule has 0 spiro atoms. The average molecular weight is 322 g/mol. The Balaban J connectivity index is 2.14. The van der Waals surface area contributed by atoms with Gasteiger partial charge in [0.25, 0.3) is 0 Å². The summed E-state index contributed by atoms with van der Waals surface area (Å²) in [6.45, 7) is 0. The van der Waals surface area contributed by atoms with Crippen molar-refractivity contribution in [2.75, 3.05) is 0 Å². The molecule has 2 N–H and O–H groups in total. The van der Waals surface area contributed by atoms with Gasteiger partial charge in [0, 0.05) is 5.02 Å². The van der Waals surface area contributed by atoms with Crippen molar-refractivity contribution >= 4 is 23.5 Å². The van der Waals surface area contributed by atoms with Gasteiger partial charge in [0.2, 0.25) is 0 Å². The molecule has 1 fully saturated rings. The Morgan fingerprint density at radius 2 is 1.86 bits per heavy atom. The van der Waals surface area contributed by atoms with Crippen LogP contribution in [0.15, 0.2) is 24.3 Å². The molecule has 0 bridgehead atoms. The van der Waals surface area contributed by atoms with E-state index in [1.54, 1.807) is 29.6 Å². The SMILES string of the molecule is O=C(NC1(C(=O)O)CC(c2ccccc2Cl)C1)C(F)(F)F. The van der Waals surface area contributed by atoms with Crippen LogP contribution in [0.3, 0.4) is 0 Å². The zero-order chi connectivity index (χ0) is 15.8. The molecule has 0 radical (unpaired) electrons. The van der Waals surface area contributed by atoms with Crippen LogP contribution in [0, 0.1) is 0 Å². The van der Waals surface area contributed by atoms with Gasteiger partial charge in [-0.25, -0.2) is 4.79 Å². The minimum atomic E-state index is -5.11. The summed E-state index contributed by atoms with van der Waals surface area (Å²) in [6.07, 6.45) is -5.38. The number of alkyl halides is 3. The Morgan fingerprint density at radius 1 is 1.29 bits per heavy atom. The number of benzene rings is 1. The summed E-state index contributed by atoms with van der Waals surface area (Å²) < 4.78 is 36.8. The van der Waals surface area contributed by atoms with Gasteiger partial charge in [-0.3, -0.25) is 4.79 Å². The van der Waals surface area contributed by atoms with Crippen LogP contribution in [0.5, 0.6) is 0 Å². The van der Waals surface area contributed by atoms with Crippen molar-refractivity contribution in [3.05, 3.63) is 34.9 Å². The second kappa shape index (κ2) is 5.22. The lowest BCUT2D eigenvalue weighted by Gasteiger charge is -2.45. The number of hydrogen-bond acceptors (Lipinski definition) is 2. The molecule has 1 aromatic rings. The monoisotopic (exact) mass is 321 g/mol. The van der Waals surface area contributed by atoms with Gasteiger partial charge in [-0.15, -0.1) is 0 Å². The highest BCUT2D eigenvalue weighted by atomic mass is 35.5. The summed E-state index contributed by atoms with van der Waals surface area (Å²) in [4.78, 5) is 22.2. The van der Waals surface area contributed by atoms with Crippen LogP contribution in [-0.4, -0.2) is 28.7 Å². The molecule has 114 valence electrons. The predicted molar refractivity (Wildman–Crippen MR) is 68.0 cm³/mol. The van der Waals surface area contributed by atoms with Gasteiger partial charge in [-0.05, 0) is 30.4 Å². The second-order valence-corrected chi connectivity index (χ2v) is 5.37. The van der Waals surface area contributed by atoms with Crippen molar-refractivity contribution in [2.24, 2.45) is 0 Å². The van der Waals surface area contributed by atoms with Gasteiger partial charge in [-0.2, -0.15) is 13.2 Å². The summed E-state index contributed by atoms with van der Waals surface area (Å²) in [5.74, 6) is -4.03. The lowest BCUT2D eigenvalue weighted by atomic mass is 9.65. The largest absolute Gasteiger partial charge is 0.480 e. The molecule has 1 aliphatic carbocycles. The van der Waals surface area contributed by atoms with Gasteiger partial charge in [-0.1, -0.05) is 29.8 Å². The third-order valence-corrected chi connectivity index (χ3v) is 3.90. The minimum Gasteiger partial charge on any atom is -0.480 e. The second-order valence-electron chi connectivity index (χ2n) is 4.97. The van der Waals surface area contributed by atoms with Crippen LogP contribution in [0.1, 0.15) is 24.3 Å². The normalized spacial score (nSPS) is 25.0. The molecule has 21 heavy (non-hydrogen) atoms. The summed E-state index contributed by atoms with van der Waals surface area (Å²) in [5.41, 5.74) is -1.23. The van der Waals surface area contributed by atoms with Gasteiger partial charge in [0.05, 0.1) is 0 Å².